The van der Waals surface area contributed by atoms with Gasteiger partial charge in [0.1, 0.15) is 22.6 Å². The van der Waals surface area contributed by atoms with E-state index in [1.807, 2.05) is 12.1 Å². The summed E-state index contributed by atoms with van der Waals surface area (Å²) in [5.74, 6) is -0.661. The monoisotopic (exact) mass is 402 g/mol. The smallest absolute Gasteiger partial charge is 0.262 e. The number of amides is 2. The number of benzene rings is 2. The number of imide groups is 1. The Balaban J connectivity index is 1.63. The van der Waals surface area contributed by atoms with Gasteiger partial charge in [0.15, 0.2) is 0 Å². The molecule has 3 heterocycles. The molecule has 0 unspecified atom stereocenters. The Morgan fingerprint density at radius 2 is 1.60 bits per heavy atom. The second-order valence-corrected chi connectivity index (χ2v) is 6.64. The van der Waals surface area contributed by atoms with Gasteiger partial charge in [0.2, 0.25) is 0 Å². The van der Waals surface area contributed by atoms with E-state index in [1.165, 1.54) is 9.36 Å². The standard InChI is InChI=1S/C20H14N6O4/c1-30-12-5-2-10(3-6-12)26-23-14-7-4-11(8-15(14)24-26)25-16(27)9-13-17(18(25)21)20(29)22-19(13)28/h2-9H,21H2,1H3,(H,22,28,29). The second-order valence-electron chi connectivity index (χ2n) is 6.64. The van der Waals surface area contributed by atoms with Gasteiger partial charge in [0.05, 0.1) is 29.6 Å². The Hall–Kier alpha value is -4.47. The SMILES string of the molecule is COc1ccc(-n2nc3ccc(-n4c(N)c5c(cc4=O)C(=O)NC5=O)cc3n2)cc1. The molecule has 0 radical (unpaired) electrons. The van der Waals surface area contributed by atoms with Crippen molar-refractivity contribution in [1.29, 1.82) is 0 Å². The highest BCUT2D eigenvalue weighted by Gasteiger charge is 2.31. The molecule has 3 N–H and O–H groups in total. The molecule has 2 amide bonds. The van der Waals surface area contributed by atoms with E-state index in [1.54, 1.807) is 37.4 Å². The van der Waals surface area contributed by atoms with Crippen molar-refractivity contribution in [2.75, 3.05) is 12.8 Å². The van der Waals surface area contributed by atoms with Gasteiger partial charge >= 0.3 is 0 Å². The minimum absolute atomic E-state index is 0.0124. The maximum Gasteiger partial charge on any atom is 0.262 e. The van der Waals surface area contributed by atoms with Crippen LogP contribution in [0.4, 0.5) is 5.82 Å². The molecular formula is C20H14N6O4. The van der Waals surface area contributed by atoms with Crippen LogP contribution in [0, 0.1) is 0 Å². The van der Waals surface area contributed by atoms with Crippen LogP contribution in [0.15, 0.2) is 53.3 Å². The van der Waals surface area contributed by atoms with Gasteiger partial charge in [-0.15, -0.1) is 10.2 Å². The molecule has 1 aliphatic rings. The Kier molecular flexibility index (Phi) is 3.68. The molecule has 0 atom stereocenters. The molecule has 4 aromatic rings. The predicted octanol–water partition coefficient (Wildman–Crippen LogP) is 1.05. The van der Waals surface area contributed by atoms with E-state index < -0.39 is 17.4 Å². The van der Waals surface area contributed by atoms with Crippen LogP contribution in [0.2, 0.25) is 0 Å². The largest absolute Gasteiger partial charge is 0.497 e. The molecule has 30 heavy (non-hydrogen) atoms. The number of hydrogen-bond acceptors (Lipinski definition) is 7. The molecule has 10 heteroatoms. The summed E-state index contributed by atoms with van der Waals surface area (Å²) >= 11 is 0. The lowest BCUT2D eigenvalue weighted by Crippen LogP contribution is -2.24. The third-order valence-corrected chi connectivity index (χ3v) is 4.88. The number of pyridine rings is 1. The predicted molar refractivity (Wildman–Crippen MR) is 107 cm³/mol. The van der Waals surface area contributed by atoms with Crippen molar-refractivity contribution in [1.82, 2.24) is 24.9 Å². The maximum atomic E-state index is 12.6. The third kappa shape index (κ3) is 2.54. The van der Waals surface area contributed by atoms with Crippen molar-refractivity contribution < 1.29 is 14.3 Å². The summed E-state index contributed by atoms with van der Waals surface area (Å²) in [6.45, 7) is 0. The van der Waals surface area contributed by atoms with Crippen molar-refractivity contribution >= 4 is 28.7 Å². The Labute approximate surface area is 168 Å². The lowest BCUT2D eigenvalue weighted by Gasteiger charge is -2.11. The number of carbonyl (C=O) groups excluding carboxylic acids is 2. The van der Waals surface area contributed by atoms with E-state index >= 15 is 0 Å². The number of nitrogen functional groups attached to an aromatic ring is 1. The number of rotatable bonds is 3. The highest BCUT2D eigenvalue weighted by Crippen LogP contribution is 2.24. The van der Waals surface area contributed by atoms with E-state index in [0.29, 0.717) is 22.5 Å². The summed E-state index contributed by atoms with van der Waals surface area (Å²) in [5.41, 5.74) is 7.79. The molecule has 1 aliphatic heterocycles. The fourth-order valence-electron chi connectivity index (χ4n) is 3.42. The topological polar surface area (TPSA) is 134 Å². The van der Waals surface area contributed by atoms with Crippen LogP contribution in [0.1, 0.15) is 20.7 Å². The van der Waals surface area contributed by atoms with Gasteiger partial charge in [-0.05, 0) is 42.5 Å². The first-order valence-corrected chi connectivity index (χ1v) is 8.89. The number of anilines is 1. The number of nitrogens with two attached hydrogens (primary N) is 1. The van der Waals surface area contributed by atoms with Crippen LogP contribution in [0.3, 0.4) is 0 Å². The van der Waals surface area contributed by atoms with E-state index in [2.05, 4.69) is 15.5 Å². The Morgan fingerprint density at radius 3 is 2.33 bits per heavy atom. The van der Waals surface area contributed by atoms with Crippen molar-refractivity contribution in [3.05, 3.63) is 70.0 Å². The van der Waals surface area contributed by atoms with E-state index in [-0.39, 0.29) is 16.9 Å². The number of ether oxygens (including phenoxy) is 1. The fourth-order valence-corrected chi connectivity index (χ4v) is 3.42. The van der Waals surface area contributed by atoms with E-state index in [4.69, 9.17) is 10.5 Å². The van der Waals surface area contributed by atoms with Crippen molar-refractivity contribution in [3.63, 3.8) is 0 Å². The van der Waals surface area contributed by atoms with Gasteiger partial charge in [-0.3, -0.25) is 24.3 Å². The average Bonchev–Trinajstić information content (AvgIpc) is 3.28. The molecule has 0 spiro atoms. The van der Waals surface area contributed by atoms with Gasteiger partial charge in [-0.1, -0.05) is 0 Å². The molecular weight excluding hydrogens is 388 g/mol. The first-order valence-electron chi connectivity index (χ1n) is 8.89. The zero-order valence-electron chi connectivity index (χ0n) is 15.6. The number of nitrogens with zero attached hydrogens (tertiary/aromatic N) is 4. The molecule has 5 rings (SSSR count). The van der Waals surface area contributed by atoms with Crippen LogP contribution < -0.4 is 21.3 Å². The van der Waals surface area contributed by atoms with E-state index in [9.17, 15) is 14.4 Å². The maximum absolute atomic E-state index is 12.6. The van der Waals surface area contributed by atoms with Crippen molar-refractivity contribution in [2.45, 2.75) is 0 Å². The van der Waals surface area contributed by atoms with Gasteiger partial charge in [0.25, 0.3) is 17.4 Å². The average molecular weight is 402 g/mol. The summed E-state index contributed by atoms with van der Waals surface area (Å²) < 4.78 is 6.32. The van der Waals surface area contributed by atoms with Crippen LogP contribution in [0.25, 0.3) is 22.4 Å². The zero-order valence-corrected chi connectivity index (χ0v) is 15.6. The van der Waals surface area contributed by atoms with Gasteiger partial charge < -0.3 is 10.5 Å². The highest BCUT2D eigenvalue weighted by atomic mass is 16.5. The molecule has 0 saturated heterocycles. The summed E-state index contributed by atoms with van der Waals surface area (Å²) in [6, 6.07) is 13.3. The zero-order chi connectivity index (χ0) is 21.0. The number of fused-ring (bicyclic) bond motifs is 2. The highest BCUT2D eigenvalue weighted by molar-refractivity contribution is 6.23. The molecule has 0 saturated carbocycles. The summed E-state index contributed by atoms with van der Waals surface area (Å²) in [6.07, 6.45) is 0. The summed E-state index contributed by atoms with van der Waals surface area (Å²) in [5, 5.41) is 11.0. The number of methoxy groups -OCH3 is 1. The molecule has 148 valence electrons. The minimum atomic E-state index is -0.635. The first-order chi connectivity index (χ1) is 14.5. The van der Waals surface area contributed by atoms with Crippen LogP contribution in [-0.4, -0.2) is 38.5 Å². The molecule has 0 bridgehead atoms. The van der Waals surface area contributed by atoms with Gasteiger partial charge in [-0.25, -0.2) is 0 Å². The Morgan fingerprint density at radius 1 is 0.900 bits per heavy atom. The molecule has 0 fully saturated rings. The van der Waals surface area contributed by atoms with Crippen molar-refractivity contribution in [2.24, 2.45) is 0 Å². The third-order valence-electron chi connectivity index (χ3n) is 4.88. The molecule has 2 aromatic carbocycles. The van der Waals surface area contributed by atoms with Crippen molar-refractivity contribution in [3.8, 4) is 17.1 Å². The molecule has 10 nitrogen and oxygen atoms in total. The lowest BCUT2D eigenvalue weighted by atomic mass is 10.1. The number of nitrogens with one attached hydrogen (secondary N) is 1. The van der Waals surface area contributed by atoms with E-state index in [0.717, 1.165) is 11.8 Å². The lowest BCUT2D eigenvalue weighted by molar-refractivity contribution is 0.0880. The number of aromatic nitrogens is 4. The van der Waals surface area contributed by atoms with Gasteiger partial charge in [-0.2, -0.15) is 4.80 Å². The normalized spacial score (nSPS) is 12.8. The van der Waals surface area contributed by atoms with Crippen LogP contribution >= 0.6 is 0 Å². The second kappa shape index (κ2) is 6.27. The van der Waals surface area contributed by atoms with Gasteiger partial charge in [0, 0.05) is 6.07 Å². The summed E-state index contributed by atoms with van der Waals surface area (Å²) in [4.78, 5) is 37.9. The molecule has 0 aliphatic carbocycles. The number of hydrogen-bond donors (Lipinski definition) is 2. The quantitative estimate of drug-likeness (QED) is 0.489. The van der Waals surface area contributed by atoms with Crippen LogP contribution in [-0.2, 0) is 0 Å². The Bertz CT molecular complexity index is 1420. The minimum Gasteiger partial charge on any atom is -0.497 e. The molecule has 2 aromatic heterocycles. The first kappa shape index (κ1) is 17.6. The number of carbonyl (C=O) groups is 2. The summed E-state index contributed by atoms with van der Waals surface area (Å²) in [7, 11) is 1.59. The fraction of sp³-hybridized carbons (Fsp3) is 0.0500. The van der Waals surface area contributed by atoms with Crippen LogP contribution in [0.5, 0.6) is 5.75 Å².